The molecule has 0 aliphatic rings. The van der Waals surface area contributed by atoms with Crippen LogP contribution in [-0.2, 0) is 0 Å². The molecule has 0 aliphatic heterocycles. The fourth-order valence-electron chi connectivity index (χ4n) is 1.63. The van der Waals surface area contributed by atoms with Crippen LogP contribution < -0.4 is 15.8 Å². The third kappa shape index (κ3) is 3.15. The molecule has 0 spiro atoms. The summed E-state index contributed by atoms with van der Waals surface area (Å²) >= 11 is 0. The zero-order valence-electron chi connectivity index (χ0n) is 11.5. The number of hydrogen-bond donors (Lipinski definition) is 2. The molecule has 1 rings (SSSR count). The van der Waals surface area contributed by atoms with E-state index in [0.29, 0.717) is 17.0 Å². The van der Waals surface area contributed by atoms with Gasteiger partial charge in [-0.05, 0) is 38.0 Å². The van der Waals surface area contributed by atoms with Gasteiger partial charge in [-0.15, -0.1) is 0 Å². The van der Waals surface area contributed by atoms with Crippen LogP contribution in [0.25, 0.3) is 0 Å². The van der Waals surface area contributed by atoms with E-state index in [-0.39, 0.29) is 11.4 Å². The number of rotatable bonds is 5. The molecule has 0 atom stereocenters. The number of nitrogen functional groups attached to an aromatic ring is 1. The number of methoxy groups -OCH3 is 1. The summed E-state index contributed by atoms with van der Waals surface area (Å²) in [5, 5.41) is 3.04. The van der Waals surface area contributed by atoms with Gasteiger partial charge in [0, 0.05) is 11.1 Å². The van der Waals surface area contributed by atoms with E-state index in [4.69, 9.17) is 10.5 Å². The molecule has 1 amide bonds. The van der Waals surface area contributed by atoms with E-state index >= 15 is 0 Å². The minimum absolute atomic E-state index is 0.0977. The zero-order valence-corrected chi connectivity index (χ0v) is 11.5. The smallest absolute Gasteiger partial charge is 0.251 e. The largest absolute Gasteiger partial charge is 0.495 e. The Kier molecular flexibility index (Phi) is 4.59. The van der Waals surface area contributed by atoms with Crippen LogP contribution in [0.1, 0.15) is 44.0 Å². The summed E-state index contributed by atoms with van der Waals surface area (Å²) in [5.41, 5.74) is 6.64. The quantitative estimate of drug-likeness (QED) is 0.789. The number of ether oxygens (including phenoxy) is 1. The number of hydrogen-bond acceptors (Lipinski definition) is 3. The van der Waals surface area contributed by atoms with Crippen molar-refractivity contribution < 1.29 is 9.53 Å². The maximum Gasteiger partial charge on any atom is 0.251 e. The number of nitrogens with two attached hydrogens (primary N) is 1. The van der Waals surface area contributed by atoms with Crippen molar-refractivity contribution >= 4 is 11.6 Å². The molecule has 0 saturated carbocycles. The van der Waals surface area contributed by atoms with Gasteiger partial charge in [0.15, 0.2) is 0 Å². The Morgan fingerprint density at radius 3 is 2.50 bits per heavy atom. The third-order valence-electron chi connectivity index (χ3n) is 3.47. The van der Waals surface area contributed by atoms with Gasteiger partial charge in [-0.25, -0.2) is 0 Å². The lowest BCUT2D eigenvalue weighted by Crippen LogP contribution is -2.44. The van der Waals surface area contributed by atoms with Crippen LogP contribution in [0.2, 0.25) is 0 Å². The molecule has 1 aromatic carbocycles. The molecule has 0 unspecified atom stereocenters. The second-order valence-electron chi connectivity index (χ2n) is 4.68. The van der Waals surface area contributed by atoms with Gasteiger partial charge in [-0.2, -0.15) is 0 Å². The number of carbonyl (C=O) groups is 1. The van der Waals surface area contributed by atoms with E-state index in [1.165, 1.54) is 7.11 Å². The van der Waals surface area contributed by atoms with Crippen molar-refractivity contribution in [2.24, 2.45) is 0 Å². The topological polar surface area (TPSA) is 64.4 Å². The lowest BCUT2D eigenvalue weighted by atomic mass is 9.95. The summed E-state index contributed by atoms with van der Waals surface area (Å²) in [6.45, 7) is 6.17. The van der Waals surface area contributed by atoms with E-state index in [0.717, 1.165) is 12.8 Å². The first kappa shape index (κ1) is 14.4. The molecular formula is C14H22N2O2. The van der Waals surface area contributed by atoms with Gasteiger partial charge in [-0.1, -0.05) is 13.8 Å². The van der Waals surface area contributed by atoms with Crippen LogP contribution in [0.5, 0.6) is 5.75 Å². The highest BCUT2D eigenvalue weighted by molar-refractivity contribution is 5.95. The van der Waals surface area contributed by atoms with Crippen molar-refractivity contribution in [1.29, 1.82) is 0 Å². The van der Waals surface area contributed by atoms with Gasteiger partial charge in [0.2, 0.25) is 0 Å². The molecule has 4 nitrogen and oxygen atoms in total. The van der Waals surface area contributed by atoms with E-state index in [9.17, 15) is 4.79 Å². The number of amides is 1. The van der Waals surface area contributed by atoms with Gasteiger partial charge < -0.3 is 15.8 Å². The Bertz CT molecular complexity index is 426. The summed E-state index contributed by atoms with van der Waals surface area (Å²) < 4.78 is 5.11. The first-order valence-corrected chi connectivity index (χ1v) is 6.21. The molecule has 0 bridgehead atoms. The first-order valence-electron chi connectivity index (χ1n) is 6.21. The molecule has 18 heavy (non-hydrogen) atoms. The Hall–Kier alpha value is -1.71. The van der Waals surface area contributed by atoms with Crippen LogP contribution in [0.3, 0.4) is 0 Å². The molecule has 4 heteroatoms. The van der Waals surface area contributed by atoms with Crippen molar-refractivity contribution in [1.82, 2.24) is 5.32 Å². The Balaban J connectivity index is 2.91. The normalized spacial score (nSPS) is 11.1. The molecule has 0 heterocycles. The Morgan fingerprint density at radius 2 is 2.00 bits per heavy atom. The fourth-order valence-corrected chi connectivity index (χ4v) is 1.63. The van der Waals surface area contributed by atoms with Gasteiger partial charge in [0.25, 0.3) is 5.91 Å². The first-order chi connectivity index (χ1) is 8.45. The van der Waals surface area contributed by atoms with E-state index < -0.39 is 0 Å². The van der Waals surface area contributed by atoms with Crippen molar-refractivity contribution in [3.05, 3.63) is 23.8 Å². The van der Waals surface area contributed by atoms with Crippen molar-refractivity contribution in [2.45, 2.75) is 39.2 Å². The average Bonchev–Trinajstić information content (AvgIpc) is 2.39. The van der Waals surface area contributed by atoms with Gasteiger partial charge in [0.05, 0.1) is 12.8 Å². The van der Waals surface area contributed by atoms with Gasteiger partial charge >= 0.3 is 0 Å². The Morgan fingerprint density at radius 1 is 1.39 bits per heavy atom. The van der Waals surface area contributed by atoms with Crippen LogP contribution in [0.4, 0.5) is 5.69 Å². The van der Waals surface area contributed by atoms with Gasteiger partial charge in [-0.3, -0.25) is 4.79 Å². The summed E-state index contributed by atoms with van der Waals surface area (Å²) in [5.74, 6) is 0.428. The molecule has 0 saturated heterocycles. The highest BCUT2D eigenvalue weighted by atomic mass is 16.5. The highest BCUT2D eigenvalue weighted by Crippen LogP contribution is 2.23. The standard InChI is InChI=1S/C14H22N2O2/c1-5-14(3,6-2)16-13(17)10-7-8-11(15)12(9-10)18-4/h7-9H,5-6,15H2,1-4H3,(H,16,17). The maximum atomic E-state index is 12.2. The predicted octanol–water partition coefficient (Wildman–Crippen LogP) is 2.59. The lowest BCUT2D eigenvalue weighted by molar-refractivity contribution is 0.0900. The summed E-state index contributed by atoms with van der Waals surface area (Å²) in [6.07, 6.45) is 1.78. The third-order valence-corrected chi connectivity index (χ3v) is 3.47. The predicted molar refractivity (Wildman–Crippen MR) is 73.9 cm³/mol. The van der Waals surface area contributed by atoms with Crippen LogP contribution >= 0.6 is 0 Å². The molecule has 0 fully saturated rings. The SMILES string of the molecule is CCC(C)(CC)NC(=O)c1ccc(N)c(OC)c1. The molecule has 0 aliphatic carbocycles. The van der Waals surface area contributed by atoms with Crippen molar-refractivity contribution in [2.75, 3.05) is 12.8 Å². The Labute approximate surface area is 109 Å². The molecule has 0 aromatic heterocycles. The molecular weight excluding hydrogens is 228 g/mol. The number of benzene rings is 1. The highest BCUT2D eigenvalue weighted by Gasteiger charge is 2.22. The summed E-state index contributed by atoms with van der Waals surface area (Å²) in [7, 11) is 1.54. The van der Waals surface area contributed by atoms with Crippen LogP contribution in [-0.4, -0.2) is 18.6 Å². The second kappa shape index (κ2) is 5.76. The van der Waals surface area contributed by atoms with Crippen molar-refractivity contribution in [3.8, 4) is 5.75 Å². The average molecular weight is 250 g/mol. The molecule has 1 aromatic rings. The fraction of sp³-hybridized carbons (Fsp3) is 0.500. The lowest BCUT2D eigenvalue weighted by Gasteiger charge is -2.28. The van der Waals surface area contributed by atoms with E-state index in [1.54, 1.807) is 18.2 Å². The minimum Gasteiger partial charge on any atom is -0.495 e. The van der Waals surface area contributed by atoms with Crippen molar-refractivity contribution in [3.63, 3.8) is 0 Å². The molecule has 100 valence electrons. The molecule has 3 N–H and O–H groups in total. The second-order valence-corrected chi connectivity index (χ2v) is 4.68. The van der Waals surface area contributed by atoms with Crippen LogP contribution in [0.15, 0.2) is 18.2 Å². The maximum absolute atomic E-state index is 12.2. The zero-order chi connectivity index (χ0) is 13.8. The summed E-state index contributed by atoms with van der Waals surface area (Å²) in [6, 6.07) is 5.05. The van der Waals surface area contributed by atoms with Crippen LogP contribution in [0, 0.1) is 0 Å². The number of carbonyl (C=O) groups excluding carboxylic acids is 1. The molecule has 0 radical (unpaired) electrons. The monoisotopic (exact) mass is 250 g/mol. The number of nitrogens with one attached hydrogen (secondary N) is 1. The van der Waals surface area contributed by atoms with E-state index in [1.807, 2.05) is 6.92 Å². The number of anilines is 1. The minimum atomic E-state index is -0.175. The van der Waals surface area contributed by atoms with Gasteiger partial charge in [0.1, 0.15) is 5.75 Å². The summed E-state index contributed by atoms with van der Waals surface area (Å²) in [4.78, 5) is 12.2. The van der Waals surface area contributed by atoms with E-state index in [2.05, 4.69) is 19.2 Å².